The monoisotopic (exact) mass is 520 g/mol. The fraction of sp³-hybridized carbons (Fsp3) is 0.125. The third kappa shape index (κ3) is 4.29. The van der Waals surface area contributed by atoms with Crippen molar-refractivity contribution in [3.63, 3.8) is 0 Å². The zero-order valence-electron chi connectivity index (χ0n) is 17.3. The number of amides is 3. The van der Waals surface area contributed by atoms with Gasteiger partial charge in [-0.25, -0.2) is 4.98 Å². The number of imide groups is 1. The van der Waals surface area contributed by atoms with E-state index in [4.69, 9.17) is 0 Å². The molecule has 0 radical (unpaired) electrons. The number of benzene rings is 2. The third-order valence-electron chi connectivity index (χ3n) is 5.30. The van der Waals surface area contributed by atoms with E-state index >= 15 is 0 Å². The molecule has 1 saturated heterocycles. The van der Waals surface area contributed by atoms with E-state index in [-0.39, 0.29) is 30.6 Å². The largest absolute Gasteiger partial charge is 0.279 e. The van der Waals surface area contributed by atoms with E-state index in [1.165, 1.54) is 16.2 Å². The molecule has 5 rings (SSSR count). The lowest BCUT2D eigenvalue weighted by molar-refractivity contribution is -0.121. The molecule has 1 aliphatic heterocycles. The van der Waals surface area contributed by atoms with Crippen molar-refractivity contribution in [2.24, 2.45) is 0 Å². The summed E-state index contributed by atoms with van der Waals surface area (Å²) in [7, 11) is 0. The molecule has 4 aromatic rings. The van der Waals surface area contributed by atoms with Crippen LogP contribution in [0.3, 0.4) is 0 Å². The van der Waals surface area contributed by atoms with Crippen molar-refractivity contribution >= 4 is 66.0 Å². The number of hydrogen-bond acceptors (Lipinski definition) is 6. The maximum atomic E-state index is 13.6. The van der Waals surface area contributed by atoms with Crippen LogP contribution in [0, 0.1) is 0 Å². The number of thiazole rings is 1. The minimum Gasteiger partial charge on any atom is -0.279 e. The van der Waals surface area contributed by atoms with Crippen molar-refractivity contribution in [3.05, 3.63) is 82.6 Å². The highest BCUT2D eigenvalue weighted by Crippen LogP contribution is 2.33. The molecule has 7 nitrogen and oxygen atoms in total. The Morgan fingerprint density at radius 1 is 1.06 bits per heavy atom. The van der Waals surface area contributed by atoms with Gasteiger partial charge in [-0.3, -0.25) is 29.2 Å². The smallest absolute Gasteiger partial charge is 0.260 e. The molecular weight excluding hydrogens is 504 g/mol. The van der Waals surface area contributed by atoms with Gasteiger partial charge in [-0.1, -0.05) is 33.3 Å². The molecular formula is C24H17BrN4O3S. The number of rotatable bonds is 5. The highest BCUT2D eigenvalue weighted by atomic mass is 79.9. The fourth-order valence-corrected chi connectivity index (χ4v) is 5.19. The Kier molecular flexibility index (Phi) is 5.74. The van der Waals surface area contributed by atoms with Crippen molar-refractivity contribution in [2.45, 2.75) is 19.4 Å². The molecule has 2 aromatic carbocycles. The number of halogens is 1. The van der Waals surface area contributed by atoms with E-state index in [0.717, 1.165) is 20.3 Å². The number of nitrogens with zero attached hydrogens (tertiary/aromatic N) is 4. The summed E-state index contributed by atoms with van der Waals surface area (Å²) < 4.78 is 1.90. The Labute approximate surface area is 201 Å². The van der Waals surface area contributed by atoms with Crippen LogP contribution in [-0.4, -0.2) is 27.7 Å². The predicted molar refractivity (Wildman–Crippen MR) is 130 cm³/mol. The number of anilines is 2. The Morgan fingerprint density at radius 2 is 1.82 bits per heavy atom. The third-order valence-corrected chi connectivity index (χ3v) is 6.84. The number of fused-ring (bicyclic) bond motifs is 1. The van der Waals surface area contributed by atoms with E-state index in [2.05, 4.69) is 25.9 Å². The Morgan fingerprint density at radius 3 is 2.52 bits per heavy atom. The van der Waals surface area contributed by atoms with Crippen molar-refractivity contribution in [2.75, 3.05) is 9.80 Å². The van der Waals surface area contributed by atoms with Gasteiger partial charge in [0.2, 0.25) is 11.8 Å². The zero-order chi connectivity index (χ0) is 22.9. The van der Waals surface area contributed by atoms with E-state index in [0.29, 0.717) is 22.9 Å². The maximum Gasteiger partial charge on any atom is 0.260 e. The summed E-state index contributed by atoms with van der Waals surface area (Å²) >= 11 is 4.91. The van der Waals surface area contributed by atoms with Crippen LogP contribution in [0.5, 0.6) is 0 Å². The summed E-state index contributed by atoms with van der Waals surface area (Å²) in [6.07, 6.45) is 3.83. The van der Waals surface area contributed by atoms with Gasteiger partial charge in [-0.15, -0.1) is 0 Å². The molecule has 0 spiro atoms. The molecule has 3 heterocycles. The summed E-state index contributed by atoms with van der Waals surface area (Å²) in [6.45, 7) is 0.304. The van der Waals surface area contributed by atoms with Crippen LogP contribution in [0.15, 0.2) is 71.5 Å². The molecule has 0 atom stereocenters. The van der Waals surface area contributed by atoms with Gasteiger partial charge in [0.25, 0.3) is 5.91 Å². The van der Waals surface area contributed by atoms with Gasteiger partial charge >= 0.3 is 0 Å². The lowest BCUT2D eigenvalue weighted by Gasteiger charge is -2.20. The molecule has 3 amide bonds. The summed E-state index contributed by atoms with van der Waals surface area (Å²) in [5, 5.41) is 0.575. The van der Waals surface area contributed by atoms with Gasteiger partial charge < -0.3 is 0 Å². The van der Waals surface area contributed by atoms with Crippen LogP contribution in [0.25, 0.3) is 10.2 Å². The van der Waals surface area contributed by atoms with E-state index in [1.807, 2.05) is 30.3 Å². The topological polar surface area (TPSA) is 83.5 Å². The summed E-state index contributed by atoms with van der Waals surface area (Å²) in [4.78, 5) is 49.3. The second-order valence-electron chi connectivity index (χ2n) is 7.53. The van der Waals surface area contributed by atoms with Crippen LogP contribution in [0.4, 0.5) is 10.8 Å². The number of hydrogen-bond donors (Lipinski definition) is 0. The Balaban J connectivity index is 1.49. The average molecular weight is 521 g/mol. The zero-order valence-corrected chi connectivity index (χ0v) is 19.7. The fourth-order valence-electron chi connectivity index (χ4n) is 3.68. The van der Waals surface area contributed by atoms with Crippen molar-refractivity contribution in [1.82, 2.24) is 9.97 Å². The second kappa shape index (κ2) is 8.84. The first kappa shape index (κ1) is 21.4. The van der Waals surface area contributed by atoms with Gasteiger partial charge in [-0.05, 0) is 54.1 Å². The molecule has 2 aromatic heterocycles. The maximum absolute atomic E-state index is 13.6. The van der Waals surface area contributed by atoms with Crippen molar-refractivity contribution in [3.8, 4) is 0 Å². The molecule has 0 unspecified atom stereocenters. The SMILES string of the molecule is O=C(c1ccc(N2C(=O)CCC2=O)cc1)N(Cc1cccnc1)c1nc2ccc(Br)cc2s1. The molecule has 1 aliphatic rings. The van der Waals surface area contributed by atoms with E-state index < -0.39 is 0 Å². The molecule has 0 aliphatic carbocycles. The highest BCUT2D eigenvalue weighted by molar-refractivity contribution is 9.10. The summed E-state index contributed by atoms with van der Waals surface area (Å²) in [6, 6.07) is 16.1. The van der Waals surface area contributed by atoms with Crippen LogP contribution in [-0.2, 0) is 16.1 Å². The van der Waals surface area contributed by atoms with Gasteiger partial charge in [0, 0.05) is 35.3 Å². The van der Waals surface area contributed by atoms with Crippen LogP contribution >= 0.6 is 27.3 Å². The lowest BCUT2D eigenvalue weighted by Crippen LogP contribution is -2.31. The lowest BCUT2D eigenvalue weighted by atomic mass is 10.1. The molecule has 164 valence electrons. The summed E-state index contributed by atoms with van der Waals surface area (Å²) in [5.41, 5.74) is 2.59. The number of carbonyl (C=O) groups excluding carboxylic acids is 3. The standard InChI is InChI=1S/C24H17BrN4O3S/c25-17-5-8-19-20(12-17)33-24(27-19)28(14-15-2-1-11-26-13-15)23(32)16-3-6-18(7-4-16)29-21(30)9-10-22(29)31/h1-8,11-13H,9-10,14H2. The molecule has 0 N–H and O–H groups in total. The molecule has 33 heavy (non-hydrogen) atoms. The van der Waals surface area contributed by atoms with Crippen molar-refractivity contribution in [1.29, 1.82) is 0 Å². The van der Waals surface area contributed by atoms with E-state index in [1.54, 1.807) is 41.6 Å². The molecule has 0 saturated carbocycles. The summed E-state index contributed by atoms with van der Waals surface area (Å²) in [5.74, 6) is -0.682. The average Bonchev–Trinajstić information content (AvgIpc) is 3.40. The van der Waals surface area contributed by atoms with Crippen molar-refractivity contribution < 1.29 is 14.4 Å². The van der Waals surface area contributed by atoms with E-state index in [9.17, 15) is 14.4 Å². The van der Waals surface area contributed by atoms with Gasteiger partial charge in [0.1, 0.15) is 0 Å². The Hall–Kier alpha value is -3.43. The first-order valence-electron chi connectivity index (χ1n) is 10.2. The first-order valence-corrected chi connectivity index (χ1v) is 11.8. The minimum atomic E-state index is -0.234. The second-order valence-corrected chi connectivity index (χ2v) is 9.46. The predicted octanol–water partition coefficient (Wildman–Crippen LogP) is 4.95. The van der Waals surface area contributed by atoms with Crippen LogP contribution < -0.4 is 9.80 Å². The highest BCUT2D eigenvalue weighted by Gasteiger charge is 2.30. The number of aromatic nitrogens is 2. The van der Waals surface area contributed by atoms with Crippen LogP contribution in [0.2, 0.25) is 0 Å². The molecule has 1 fully saturated rings. The first-order chi connectivity index (χ1) is 16.0. The van der Waals surface area contributed by atoms with Gasteiger partial charge in [-0.2, -0.15) is 0 Å². The van der Waals surface area contributed by atoms with Crippen LogP contribution in [0.1, 0.15) is 28.8 Å². The molecule has 9 heteroatoms. The van der Waals surface area contributed by atoms with Gasteiger partial charge in [0.15, 0.2) is 5.13 Å². The quantitative estimate of drug-likeness (QED) is 0.347. The van der Waals surface area contributed by atoms with Gasteiger partial charge in [0.05, 0.1) is 22.4 Å². The normalized spacial score (nSPS) is 13.7. The minimum absolute atomic E-state index is 0.214. The Bertz CT molecular complexity index is 1360. The number of carbonyl (C=O) groups is 3. The number of pyridine rings is 1. The molecule has 0 bridgehead atoms.